The highest BCUT2D eigenvalue weighted by molar-refractivity contribution is 5.76. The quantitative estimate of drug-likeness (QED) is 0.619. The van der Waals surface area contributed by atoms with Gasteiger partial charge >= 0.3 is 0 Å². The van der Waals surface area contributed by atoms with Crippen LogP contribution in [0, 0.1) is 18.8 Å². The Morgan fingerprint density at radius 3 is 2.93 bits per heavy atom. The van der Waals surface area contributed by atoms with Crippen molar-refractivity contribution in [1.82, 2.24) is 4.98 Å². The van der Waals surface area contributed by atoms with Crippen molar-refractivity contribution in [3.63, 3.8) is 0 Å². The van der Waals surface area contributed by atoms with Crippen LogP contribution in [-0.2, 0) is 4.79 Å². The molecular formula is C10H11N3O. The van der Waals surface area contributed by atoms with Gasteiger partial charge in [0.15, 0.2) is 0 Å². The fourth-order valence-corrected chi connectivity index (χ4v) is 0.885. The van der Waals surface area contributed by atoms with E-state index in [-0.39, 0.29) is 6.42 Å². The van der Waals surface area contributed by atoms with Crippen molar-refractivity contribution in [3.8, 4) is 11.8 Å². The van der Waals surface area contributed by atoms with Crippen LogP contribution in [0.15, 0.2) is 12.1 Å². The first-order valence-corrected chi connectivity index (χ1v) is 4.10. The number of carbonyl (C=O) groups excluding carboxylic acids is 1. The minimum Gasteiger partial charge on any atom is -0.384 e. The molecule has 0 aliphatic rings. The Morgan fingerprint density at radius 2 is 2.29 bits per heavy atom. The van der Waals surface area contributed by atoms with Crippen LogP contribution in [-0.4, -0.2) is 10.9 Å². The number of nitrogens with zero attached hydrogens (tertiary/aromatic N) is 1. The average Bonchev–Trinajstić information content (AvgIpc) is 2.10. The molecule has 1 rings (SSSR count). The molecule has 4 nitrogen and oxygen atoms in total. The Kier molecular flexibility index (Phi) is 3.08. The van der Waals surface area contributed by atoms with Gasteiger partial charge in [0.2, 0.25) is 5.91 Å². The van der Waals surface area contributed by atoms with Gasteiger partial charge in [0.05, 0.1) is 6.42 Å². The highest BCUT2D eigenvalue weighted by Gasteiger charge is 1.96. The molecule has 4 N–H and O–H groups in total. The molecule has 0 unspecified atom stereocenters. The van der Waals surface area contributed by atoms with Crippen LogP contribution in [0.1, 0.15) is 17.7 Å². The van der Waals surface area contributed by atoms with Crippen molar-refractivity contribution in [1.29, 1.82) is 0 Å². The van der Waals surface area contributed by atoms with Crippen molar-refractivity contribution in [3.05, 3.63) is 23.4 Å². The lowest BCUT2D eigenvalue weighted by Crippen LogP contribution is -2.08. The van der Waals surface area contributed by atoms with Gasteiger partial charge in [-0.2, -0.15) is 0 Å². The predicted molar refractivity (Wildman–Crippen MR) is 54.1 cm³/mol. The fourth-order valence-electron chi connectivity index (χ4n) is 0.885. The van der Waals surface area contributed by atoms with E-state index in [9.17, 15) is 4.79 Å². The molecular weight excluding hydrogens is 178 g/mol. The maximum atomic E-state index is 10.4. The minimum absolute atomic E-state index is 0.0376. The molecule has 0 aliphatic carbocycles. The second-order valence-corrected chi connectivity index (χ2v) is 2.85. The number of aromatic nitrogens is 1. The maximum absolute atomic E-state index is 10.4. The van der Waals surface area contributed by atoms with E-state index in [1.807, 2.05) is 13.0 Å². The number of hydrogen-bond donors (Lipinski definition) is 2. The Bertz CT molecular complexity index is 415. The Morgan fingerprint density at radius 1 is 1.57 bits per heavy atom. The molecule has 1 heterocycles. The third-order valence-electron chi connectivity index (χ3n) is 1.59. The molecule has 0 fully saturated rings. The van der Waals surface area contributed by atoms with Gasteiger partial charge < -0.3 is 11.5 Å². The van der Waals surface area contributed by atoms with Crippen LogP contribution < -0.4 is 11.5 Å². The summed E-state index contributed by atoms with van der Waals surface area (Å²) < 4.78 is 0. The van der Waals surface area contributed by atoms with Gasteiger partial charge in [-0.05, 0) is 24.5 Å². The number of primary amides is 1. The lowest BCUT2D eigenvalue weighted by Gasteiger charge is -1.97. The number of hydrogen-bond acceptors (Lipinski definition) is 3. The summed E-state index contributed by atoms with van der Waals surface area (Å²) in [6.07, 6.45) is 0.0376. The summed E-state index contributed by atoms with van der Waals surface area (Å²) in [6.45, 7) is 1.88. The average molecular weight is 189 g/mol. The number of amides is 1. The molecule has 1 aromatic heterocycles. The van der Waals surface area contributed by atoms with Crippen molar-refractivity contribution < 1.29 is 4.79 Å². The Labute approximate surface area is 82.3 Å². The van der Waals surface area contributed by atoms with Gasteiger partial charge in [0.25, 0.3) is 0 Å². The Balaban J connectivity index is 2.88. The molecule has 0 atom stereocenters. The van der Waals surface area contributed by atoms with Crippen molar-refractivity contribution >= 4 is 11.7 Å². The number of carbonyl (C=O) groups is 1. The third kappa shape index (κ3) is 2.79. The maximum Gasteiger partial charge on any atom is 0.229 e. The zero-order chi connectivity index (χ0) is 10.6. The summed E-state index contributed by atoms with van der Waals surface area (Å²) in [5, 5.41) is 0. The highest BCUT2D eigenvalue weighted by atomic mass is 16.1. The summed E-state index contributed by atoms with van der Waals surface area (Å²) in [6, 6.07) is 3.53. The van der Waals surface area contributed by atoms with E-state index >= 15 is 0 Å². The minimum atomic E-state index is -0.445. The summed E-state index contributed by atoms with van der Waals surface area (Å²) in [5.41, 5.74) is 11.9. The normalized spacial score (nSPS) is 8.93. The zero-order valence-electron chi connectivity index (χ0n) is 7.87. The van der Waals surface area contributed by atoms with E-state index in [1.165, 1.54) is 0 Å². The molecule has 0 saturated carbocycles. The molecule has 1 aromatic rings. The summed E-state index contributed by atoms with van der Waals surface area (Å²) in [7, 11) is 0. The largest absolute Gasteiger partial charge is 0.384 e. The van der Waals surface area contributed by atoms with Crippen molar-refractivity contribution in [2.24, 2.45) is 5.73 Å². The molecule has 4 heteroatoms. The first-order valence-electron chi connectivity index (χ1n) is 4.10. The molecule has 1 amide bonds. The number of pyridine rings is 1. The topological polar surface area (TPSA) is 82.0 Å². The number of nitrogens with two attached hydrogens (primary N) is 2. The third-order valence-corrected chi connectivity index (χ3v) is 1.59. The van der Waals surface area contributed by atoms with Crippen LogP contribution in [0.3, 0.4) is 0 Å². The summed E-state index contributed by atoms with van der Waals surface area (Å²) in [5.74, 6) is 5.34. The van der Waals surface area contributed by atoms with Crippen molar-refractivity contribution in [2.75, 3.05) is 5.73 Å². The van der Waals surface area contributed by atoms with E-state index in [1.54, 1.807) is 6.07 Å². The van der Waals surface area contributed by atoms with Gasteiger partial charge in [-0.25, -0.2) is 4.98 Å². The number of aryl methyl sites for hydroxylation is 1. The van der Waals surface area contributed by atoms with Crippen LogP contribution in [0.25, 0.3) is 0 Å². The van der Waals surface area contributed by atoms with E-state index in [0.717, 1.165) is 5.56 Å². The van der Waals surface area contributed by atoms with E-state index in [0.29, 0.717) is 11.5 Å². The smallest absolute Gasteiger partial charge is 0.229 e. The van der Waals surface area contributed by atoms with Gasteiger partial charge in [-0.1, -0.05) is 12.0 Å². The van der Waals surface area contributed by atoms with E-state index in [2.05, 4.69) is 16.8 Å². The second-order valence-electron chi connectivity index (χ2n) is 2.85. The molecule has 0 aliphatic heterocycles. The van der Waals surface area contributed by atoms with Gasteiger partial charge in [0, 0.05) is 0 Å². The van der Waals surface area contributed by atoms with E-state index < -0.39 is 5.91 Å². The van der Waals surface area contributed by atoms with Gasteiger partial charge in [-0.3, -0.25) is 4.79 Å². The molecule has 0 aromatic carbocycles. The Hall–Kier alpha value is -2.02. The lowest BCUT2D eigenvalue weighted by atomic mass is 10.2. The SMILES string of the molecule is Cc1ccc(N)nc1C#CCC(N)=O. The predicted octanol–water partition coefficient (Wildman–Crippen LogP) is 0.199. The van der Waals surface area contributed by atoms with Gasteiger partial charge in [-0.15, -0.1) is 0 Å². The number of anilines is 1. The van der Waals surface area contributed by atoms with Crippen LogP contribution in [0.5, 0.6) is 0 Å². The molecule has 0 bridgehead atoms. The summed E-state index contributed by atoms with van der Waals surface area (Å²) in [4.78, 5) is 14.4. The van der Waals surface area contributed by atoms with Gasteiger partial charge in [0.1, 0.15) is 11.5 Å². The first-order chi connectivity index (χ1) is 6.59. The molecule has 0 saturated heterocycles. The number of nitrogen functional groups attached to an aromatic ring is 1. The zero-order valence-corrected chi connectivity index (χ0v) is 7.87. The molecule has 14 heavy (non-hydrogen) atoms. The molecule has 0 spiro atoms. The standard InChI is InChI=1S/C10H11N3O/c1-7-5-6-9(11)13-8(7)3-2-4-10(12)14/h5-6H,4H2,1H3,(H2,11,13)(H2,12,14). The monoisotopic (exact) mass is 189 g/mol. The van der Waals surface area contributed by atoms with Crippen molar-refractivity contribution in [2.45, 2.75) is 13.3 Å². The van der Waals surface area contributed by atoms with Crippen LogP contribution in [0.2, 0.25) is 0 Å². The van der Waals surface area contributed by atoms with E-state index in [4.69, 9.17) is 11.5 Å². The second kappa shape index (κ2) is 4.28. The number of rotatable bonds is 1. The lowest BCUT2D eigenvalue weighted by molar-refractivity contribution is -0.117. The summed E-state index contributed by atoms with van der Waals surface area (Å²) >= 11 is 0. The fraction of sp³-hybridized carbons (Fsp3) is 0.200. The van der Waals surface area contributed by atoms with Crippen LogP contribution in [0.4, 0.5) is 5.82 Å². The van der Waals surface area contributed by atoms with Crippen LogP contribution >= 0.6 is 0 Å². The molecule has 0 radical (unpaired) electrons. The first kappa shape index (κ1) is 10.1. The molecule has 72 valence electrons. The highest BCUT2D eigenvalue weighted by Crippen LogP contribution is 2.05.